The number of piperidine rings is 1. The van der Waals surface area contributed by atoms with Crippen molar-refractivity contribution in [3.8, 4) is 0 Å². The third-order valence-electron chi connectivity index (χ3n) is 7.14. The second-order valence-corrected chi connectivity index (χ2v) is 8.80. The monoisotopic (exact) mass is 397 g/mol. The molecule has 6 nitrogen and oxygen atoms in total. The van der Waals surface area contributed by atoms with Crippen LogP contribution in [0.25, 0.3) is 10.9 Å². The lowest BCUT2D eigenvalue weighted by atomic mass is 9.98. The first-order chi connectivity index (χ1) is 14.1. The molecule has 4 heterocycles. The number of likely N-dealkylation sites (tertiary alicyclic amines) is 1. The third kappa shape index (κ3) is 3.47. The molecule has 2 saturated heterocycles. The summed E-state index contributed by atoms with van der Waals surface area (Å²) >= 11 is 0. The summed E-state index contributed by atoms with van der Waals surface area (Å²) in [5.41, 5.74) is 4.79. The molecular formula is C23H31N3O3. The summed E-state index contributed by atoms with van der Waals surface area (Å²) < 4.78 is 7.87. The molecule has 6 heteroatoms. The van der Waals surface area contributed by atoms with Gasteiger partial charge in [-0.3, -0.25) is 9.69 Å². The van der Waals surface area contributed by atoms with Gasteiger partial charge in [0.25, 0.3) is 5.91 Å². The van der Waals surface area contributed by atoms with E-state index in [0.717, 1.165) is 51.1 Å². The van der Waals surface area contributed by atoms with Crippen LogP contribution in [0.3, 0.4) is 0 Å². The normalized spacial score (nSPS) is 22.2. The number of benzene rings is 1. The van der Waals surface area contributed by atoms with E-state index >= 15 is 0 Å². The van der Waals surface area contributed by atoms with Crippen LogP contribution in [-0.2, 0) is 24.8 Å². The van der Waals surface area contributed by atoms with Gasteiger partial charge in [-0.25, -0.2) is 0 Å². The molecule has 0 unspecified atom stereocenters. The van der Waals surface area contributed by atoms with Crippen molar-refractivity contribution in [1.29, 1.82) is 0 Å². The molecule has 0 spiro atoms. The molecule has 1 aromatic heterocycles. The Morgan fingerprint density at radius 2 is 1.86 bits per heavy atom. The van der Waals surface area contributed by atoms with Gasteiger partial charge in [0.2, 0.25) is 0 Å². The maximum absolute atomic E-state index is 13.0. The number of carbonyl (C=O) groups is 1. The number of aromatic nitrogens is 1. The molecule has 0 radical (unpaired) electrons. The highest BCUT2D eigenvalue weighted by atomic mass is 16.5. The van der Waals surface area contributed by atoms with Gasteiger partial charge in [-0.05, 0) is 49.4 Å². The molecule has 1 aromatic carbocycles. The summed E-state index contributed by atoms with van der Waals surface area (Å²) in [6, 6.07) is 6.79. The van der Waals surface area contributed by atoms with Crippen molar-refractivity contribution in [2.24, 2.45) is 7.05 Å². The zero-order chi connectivity index (χ0) is 20.0. The number of rotatable bonds is 2. The minimum absolute atomic E-state index is 0.0912. The van der Waals surface area contributed by atoms with Crippen molar-refractivity contribution in [2.45, 2.75) is 50.8 Å². The predicted molar refractivity (Wildman–Crippen MR) is 112 cm³/mol. The van der Waals surface area contributed by atoms with Crippen LogP contribution in [0, 0.1) is 0 Å². The molecule has 2 fully saturated rings. The Hall–Kier alpha value is -1.89. The first kappa shape index (κ1) is 19.1. The van der Waals surface area contributed by atoms with Gasteiger partial charge in [-0.1, -0.05) is 0 Å². The van der Waals surface area contributed by atoms with Crippen LogP contribution in [0.4, 0.5) is 0 Å². The van der Waals surface area contributed by atoms with Gasteiger partial charge < -0.3 is 19.3 Å². The molecule has 0 bridgehead atoms. The lowest BCUT2D eigenvalue weighted by Gasteiger charge is -2.37. The van der Waals surface area contributed by atoms with Crippen LogP contribution in [0.1, 0.15) is 47.3 Å². The fourth-order valence-electron chi connectivity index (χ4n) is 5.35. The summed E-state index contributed by atoms with van der Waals surface area (Å²) in [6.07, 6.45) is 4.38. The fourth-order valence-corrected chi connectivity index (χ4v) is 5.35. The first-order valence-corrected chi connectivity index (χ1v) is 11.0. The van der Waals surface area contributed by atoms with Crippen molar-refractivity contribution in [3.05, 3.63) is 35.0 Å². The molecule has 2 aromatic rings. The Labute approximate surface area is 172 Å². The maximum Gasteiger partial charge on any atom is 0.253 e. The standard InChI is InChI=1S/C23H31N3O3/c1-24-21-3-2-16(23(28)25-9-4-18(27)5-10-25)14-19(21)20-15-26(11-6-22(20)24)17-7-12-29-13-8-17/h2-3,14,17-18,27H,4-13,15H2,1H3. The average molecular weight is 398 g/mol. The molecule has 0 aliphatic carbocycles. The van der Waals surface area contributed by atoms with Gasteiger partial charge in [-0.15, -0.1) is 0 Å². The number of aliphatic hydroxyl groups is 1. The minimum Gasteiger partial charge on any atom is -0.393 e. The molecule has 29 heavy (non-hydrogen) atoms. The molecule has 1 amide bonds. The van der Waals surface area contributed by atoms with E-state index in [2.05, 4.69) is 28.6 Å². The van der Waals surface area contributed by atoms with E-state index in [0.29, 0.717) is 32.0 Å². The van der Waals surface area contributed by atoms with Gasteiger partial charge in [0.15, 0.2) is 0 Å². The highest BCUT2D eigenvalue weighted by Crippen LogP contribution is 2.33. The van der Waals surface area contributed by atoms with Gasteiger partial charge in [0.05, 0.1) is 6.10 Å². The van der Waals surface area contributed by atoms with E-state index in [-0.39, 0.29) is 12.0 Å². The molecular weight excluding hydrogens is 366 g/mol. The Morgan fingerprint density at radius 1 is 1.10 bits per heavy atom. The smallest absolute Gasteiger partial charge is 0.253 e. The van der Waals surface area contributed by atoms with Crippen molar-refractivity contribution in [3.63, 3.8) is 0 Å². The van der Waals surface area contributed by atoms with Crippen LogP contribution < -0.4 is 0 Å². The Balaban J connectivity index is 1.44. The van der Waals surface area contributed by atoms with Crippen molar-refractivity contribution in [1.82, 2.24) is 14.4 Å². The van der Waals surface area contributed by atoms with E-state index in [1.165, 1.54) is 22.2 Å². The number of fused-ring (bicyclic) bond motifs is 3. The summed E-state index contributed by atoms with van der Waals surface area (Å²) in [4.78, 5) is 17.6. The number of aliphatic hydroxyl groups excluding tert-OH is 1. The van der Waals surface area contributed by atoms with Gasteiger partial charge >= 0.3 is 0 Å². The maximum atomic E-state index is 13.0. The van der Waals surface area contributed by atoms with Crippen LogP contribution in [0.5, 0.6) is 0 Å². The van der Waals surface area contributed by atoms with Crippen LogP contribution in [0.2, 0.25) is 0 Å². The first-order valence-electron chi connectivity index (χ1n) is 11.0. The summed E-state index contributed by atoms with van der Waals surface area (Å²) in [7, 11) is 2.15. The fraction of sp³-hybridized carbons (Fsp3) is 0.609. The zero-order valence-corrected chi connectivity index (χ0v) is 17.3. The molecule has 0 saturated carbocycles. The SMILES string of the molecule is Cn1c2c(c3cc(C(=O)N4CCC(O)CC4)ccc31)CN(C1CCOCC1)CC2. The van der Waals surface area contributed by atoms with Crippen LogP contribution in [0.15, 0.2) is 18.2 Å². The quantitative estimate of drug-likeness (QED) is 0.845. The average Bonchev–Trinajstić information content (AvgIpc) is 3.05. The number of carbonyl (C=O) groups excluding carboxylic acids is 1. The number of hydrogen-bond acceptors (Lipinski definition) is 4. The van der Waals surface area contributed by atoms with E-state index in [4.69, 9.17) is 4.74 Å². The number of aryl methyl sites for hydroxylation is 1. The molecule has 3 aliphatic heterocycles. The van der Waals surface area contributed by atoms with Gasteiger partial charge in [0, 0.05) is 81.1 Å². The largest absolute Gasteiger partial charge is 0.393 e. The van der Waals surface area contributed by atoms with E-state index in [1.54, 1.807) is 0 Å². The molecule has 3 aliphatic rings. The molecule has 1 N–H and O–H groups in total. The highest BCUT2D eigenvalue weighted by molar-refractivity contribution is 5.99. The Bertz CT molecular complexity index is 908. The predicted octanol–water partition coefficient (Wildman–Crippen LogP) is 2.31. The van der Waals surface area contributed by atoms with Crippen molar-refractivity contribution < 1.29 is 14.6 Å². The van der Waals surface area contributed by atoms with E-state index < -0.39 is 0 Å². The molecule has 156 valence electrons. The van der Waals surface area contributed by atoms with E-state index in [9.17, 15) is 9.90 Å². The summed E-state index contributed by atoms with van der Waals surface area (Å²) in [5.74, 6) is 0.0912. The van der Waals surface area contributed by atoms with E-state index in [1.807, 2.05) is 11.0 Å². The van der Waals surface area contributed by atoms with Crippen molar-refractivity contribution >= 4 is 16.8 Å². The lowest BCUT2D eigenvalue weighted by molar-refractivity contribution is 0.0289. The summed E-state index contributed by atoms with van der Waals surface area (Å²) in [6.45, 7) is 5.08. The zero-order valence-electron chi connectivity index (χ0n) is 17.3. The molecule has 5 rings (SSSR count). The Kier molecular flexibility index (Phi) is 5.10. The second kappa shape index (κ2) is 7.74. The third-order valence-corrected chi connectivity index (χ3v) is 7.14. The second-order valence-electron chi connectivity index (χ2n) is 8.80. The molecule has 0 atom stereocenters. The van der Waals surface area contributed by atoms with Gasteiger partial charge in [-0.2, -0.15) is 0 Å². The Morgan fingerprint density at radius 3 is 2.62 bits per heavy atom. The number of hydrogen-bond donors (Lipinski definition) is 1. The van der Waals surface area contributed by atoms with Gasteiger partial charge in [0.1, 0.15) is 0 Å². The number of nitrogens with zero attached hydrogens (tertiary/aromatic N) is 3. The van der Waals surface area contributed by atoms with Crippen LogP contribution in [-0.4, -0.2) is 70.4 Å². The topological polar surface area (TPSA) is 57.9 Å². The lowest BCUT2D eigenvalue weighted by Crippen LogP contribution is -2.42. The summed E-state index contributed by atoms with van der Waals surface area (Å²) in [5, 5.41) is 11.0. The highest BCUT2D eigenvalue weighted by Gasteiger charge is 2.29. The van der Waals surface area contributed by atoms with Crippen molar-refractivity contribution in [2.75, 3.05) is 32.8 Å². The number of amides is 1. The van der Waals surface area contributed by atoms with Crippen LogP contribution >= 0.6 is 0 Å². The minimum atomic E-state index is -0.265. The number of ether oxygens (including phenoxy) is 1.